The van der Waals surface area contributed by atoms with Gasteiger partial charge in [-0.3, -0.25) is 4.90 Å². The van der Waals surface area contributed by atoms with Crippen LogP contribution in [0.5, 0.6) is 0 Å². The van der Waals surface area contributed by atoms with Crippen LogP contribution in [-0.2, 0) is 13.1 Å². The fraction of sp³-hybridized carbons (Fsp3) is 0.333. The van der Waals surface area contributed by atoms with Crippen molar-refractivity contribution in [2.24, 2.45) is 0 Å². The zero-order valence-corrected chi connectivity index (χ0v) is 17.0. The highest BCUT2D eigenvalue weighted by Gasteiger charge is 2.20. The van der Waals surface area contributed by atoms with Crippen LogP contribution in [0.1, 0.15) is 29.5 Å². The van der Waals surface area contributed by atoms with E-state index in [-0.39, 0.29) is 0 Å². The van der Waals surface area contributed by atoms with Gasteiger partial charge in [0.05, 0.1) is 0 Å². The molecule has 1 aromatic heterocycles. The number of aromatic nitrogens is 2. The molecule has 1 saturated heterocycles. The van der Waals surface area contributed by atoms with Crippen LogP contribution >= 0.6 is 0 Å². The van der Waals surface area contributed by atoms with Crippen molar-refractivity contribution >= 4 is 11.8 Å². The van der Waals surface area contributed by atoms with Crippen molar-refractivity contribution in [1.29, 1.82) is 0 Å². The number of aryl methyl sites for hydroxylation is 1. The highest BCUT2D eigenvalue weighted by Crippen LogP contribution is 2.19. The number of anilines is 2. The Hall–Kier alpha value is -2.92. The second-order valence-electron chi connectivity index (χ2n) is 7.74. The van der Waals surface area contributed by atoms with Gasteiger partial charge in [0, 0.05) is 44.0 Å². The normalized spacial score (nSPS) is 15.2. The predicted octanol–water partition coefficient (Wildman–Crippen LogP) is 4.47. The van der Waals surface area contributed by atoms with Crippen molar-refractivity contribution in [1.82, 2.24) is 14.9 Å². The lowest BCUT2D eigenvalue weighted by Gasteiger charge is -2.32. The summed E-state index contributed by atoms with van der Waals surface area (Å²) in [6.07, 6.45) is 4.11. The van der Waals surface area contributed by atoms with Crippen molar-refractivity contribution in [3.8, 4) is 0 Å². The van der Waals surface area contributed by atoms with Crippen LogP contribution in [0.25, 0.3) is 0 Å². The molecule has 0 spiro atoms. The van der Waals surface area contributed by atoms with Crippen molar-refractivity contribution in [2.75, 3.05) is 23.7 Å². The van der Waals surface area contributed by atoms with E-state index >= 15 is 0 Å². The Bertz CT molecular complexity index is 890. The number of hydrogen-bond acceptors (Lipinski definition) is 5. The van der Waals surface area contributed by atoms with Crippen LogP contribution < -0.4 is 10.6 Å². The van der Waals surface area contributed by atoms with Crippen molar-refractivity contribution in [3.63, 3.8) is 0 Å². The Morgan fingerprint density at radius 2 is 1.59 bits per heavy atom. The summed E-state index contributed by atoms with van der Waals surface area (Å²) in [6.45, 7) is 6.02. The molecule has 0 atom stereocenters. The van der Waals surface area contributed by atoms with Crippen LogP contribution in [-0.4, -0.2) is 34.0 Å². The quantitative estimate of drug-likeness (QED) is 0.626. The largest absolute Gasteiger partial charge is 0.366 e. The highest BCUT2D eigenvalue weighted by molar-refractivity contribution is 5.47. The van der Waals surface area contributed by atoms with Crippen molar-refractivity contribution in [2.45, 2.75) is 38.9 Å². The van der Waals surface area contributed by atoms with E-state index in [2.05, 4.69) is 75.1 Å². The molecule has 2 N–H and O–H groups in total. The molecule has 0 radical (unpaired) electrons. The summed E-state index contributed by atoms with van der Waals surface area (Å²) >= 11 is 0. The minimum atomic E-state index is 0.423. The minimum absolute atomic E-state index is 0.423. The summed E-state index contributed by atoms with van der Waals surface area (Å²) in [5, 5.41) is 6.98. The molecule has 29 heavy (non-hydrogen) atoms. The van der Waals surface area contributed by atoms with Gasteiger partial charge >= 0.3 is 0 Å². The van der Waals surface area contributed by atoms with Gasteiger partial charge in [-0.15, -0.1) is 0 Å². The van der Waals surface area contributed by atoms with Crippen LogP contribution in [0.2, 0.25) is 0 Å². The van der Waals surface area contributed by atoms with Gasteiger partial charge in [-0.05, 0) is 30.9 Å². The molecule has 0 unspecified atom stereocenters. The van der Waals surface area contributed by atoms with Gasteiger partial charge in [-0.25, -0.2) is 4.98 Å². The molecule has 3 aromatic rings. The molecule has 1 aliphatic heterocycles. The summed E-state index contributed by atoms with van der Waals surface area (Å²) in [4.78, 5) is 11.7. The Morgan fingerprint density at radius 3 is 2.28 bits per heavy atom. The maximum Gasteiger partial charge on any atom is 0.224 e. The van der Waals surface area contributed by atoms with E-state index in [1.807, 2.05) is 19.2 Å². The SMILES string of the molecule is Cc1cnc(NC2CCN(Cc3ccccc3)CC2)nc1NCc1ccccc1. The molecule has 150 valence electrons. The van der Waals surface area contributed by atoms with Crippen LogP contribution in [0.15, 0.2) is 66.9 Å². The van der Waals surface area contributed by atoms with Crippen molar-refractivity contribution < 1.29 is 0 Å². The molecular formula is C24H29N5. The smallest absolute Gasteiger partial charge is 0.224 e. The topological polar surface area (TPSA) is 53.1 Å². The summed E-state index contributed by atoms with van der Waals surface area (Å²) in [5.41, 5.74) is 3.69. The summed E-state index contributed by atoms with van der Waals surface area (Å²) in [7, 11) is 0. The lowest BCUT2D eigenvalue weighted by atomic mass is 10.0. The maximum absolute atomic E-state index is 4.72. The Morgan fingerprint density at radius 1 is 0.931 bits per heavy atom. The molecule has 1 fully saturated rings. The zero-order chi connectivity index (χ0) is 19.9. The van der Waals surface area contributed by atoms with E-state index in [1.165, 1.54) is 11.1 Å². The Kier molecular flexibility index (Phi) is 6.37. The number of nitrogens with zero attached hydrogens (tertiary/aromatic N) is 3. The third-order valence-corrected chi connectivity index (χ3v) is 5.44. The third-order valence-electron chi connectivity index (χ3n) is 5.44. The first-order chi connectivity index (χ1) is 14.3. The van der Waals surface area contributed by atoms with Crippen LogP contribution in [0, 0.1) is 6.92 Å². The maximum atomic E-state index is 4.72. The van der Waals surface area contributed by atoms with Gasteiger partial charge in [0.2, 0.25) is 5.95 Å². The molecule has 4 rings (SSSR count). The van der Waals surface area contributed by atoms with E-state index in [4.69, 9.17) is 4.98 Å². The summed E-state index contributed by atoms with van der Waals surface area (Å²) in [6, 6.07) is 21.5. The molecule has 2 aromatic carbocycles. The van der Waals surface area contributed by atoms with Gasteiger partial charge in [0.15, 0.2) is 0 Å². The first kappa shape index (κ1) is 19.4. The Balaban J connectivity index is 1.29. The molecular weight excluding hydrogens is 358 g/mol. The molecule has 5 nitrogen and oxygen atoms in total. The molecule has 0 bridgehead atoms. The lowest BCUT2D eigenvalue weighted by Crippen LogP contribution is -2.39. The second kappa shape index (κ2) is 9.52. The number of benzene rings is 2. The zero-order valence-electron chi connectivity index (χ0n) is 17.0. The van der Waals surface area contributed by atoms with Gasteiger partial charge in [-0.1, -0.05) is 60.7 Å². The highest BCUT2D eigenvalue weighted by atomic mass is 15.2. The van der Waals surface area contributed by atoms with Gasteiger partial charge in [-0.2, -0.15) is 4.98 Å². The predicted molar refractivity (Wildman–Crippen MR) is 119 cm³/mol. The van der Waals surface area contributed by atoms with E-state index < -0.39 is 0 Å². The molecule has 5 heteroatoms. The van der Waals surface area contributed by atoms with E-state index in [0.29, 0.717) is 12.0 Å². The number of piperidine rings is 1. The first-order valence-electron chi connectivity index (χ1n) is 10.4. The molecule has 0 saturated carbocycles. The van der Waals surface area contributed by atoms with Crippen molar-refractivity contribution in [3.05, 3.63) is 83.6 Å². The average Bonchev–Trinajstić information content (AvgIpc) is 2.77. The number of rotatable bonds is 7. The second-order valence-corrected chi connectivity index (χ2v) is 7.74. The molecule has 0 aliphatic carbocycles. The van der Waals surface area contributed by atoms with Gasteiger partial charge in [0.25, 0.3) is 0 Å². The number of likely N-dealkylation sites (tertiary alicyclic amines) is 1. The lowest BCUT2D eigenvalue weighted by molar-refractivity contribution is 0.211. The molecule has 2 heterocycles. The monoisotopic (exact) mass is 387 g/mol. The van der Waals surface area contributed by atoms with E-state index in [1.54, 1.807) is 0 Å². The number of nitrogens with one attached hydrogen (secondary N) is 2. The van der Waals surface area contributed by atoms with Gasteiger partial charge < -0.3 is 10.6 Å². The summed E-state index contributed by atoms with van der Waals surface area (Å²) in [5.74, 6) is 1.61. The molecule has 1 aliphatic rings. The van der Waals surface area contributed by atoms with E-state index in [9.17, 15) is 0 Å². The van der Waals surface area contributed by atoms with Crippen LogP contribution in [0.4, 0.5) is 11.8 Å². The minimum Gasteiger partial charge on any atom is -0.366 e. The first-order valence-corrected chi connectivity index (χ1v) is 10.4. The fourth-order valence-electron chi connectivity index (χ4n) is 3.73. The third kappa shape index (κ3) is 5.55. The standard InChI is InChI=1S/C24H29N5/c1-19-16-26-24(28-23(19)25-17-20-8-4-2-5-9-20)27-22-12-14-29(15-13-22)18-21-10-6-3-7-11-21/h2-11,16,22H,12-15,17-18H2,1H3,(H2,25,26,27,28). The molecule has 0 amide bonds. The average molecular weight is 388 g/mol. The number of hydrogen-bond donors (Lipinski definition) is 2. The Labute approximate surface area is 173 Å². The van der Waals surface area contributed by atoms with Crippen LogP contribution in [0.3, 0.4) is 0 Å². The fourth-order valence-corrected chi connectivity index (χ4v) is 3.73. The van der Waals surface area contributed by atoms with Gasteiger partial charge in [0.1, 0.15) is 5.82 Å². The summed E-state index contributed by atoms with van der Waals surface area (Å²) < 4.78 is 0. The van der Waals surface area contributed by atoms with E-state index in [0.717, 1.165) is 50.4 Å².